The van der Waals surface area contributed by atoms with E-state index in [1.807, 2.05) is 23.1 Å². The van der Waals surface area contributed by atoms with Gasteiger partial charge in [-0.2, -0.15) is 0 Å². The van der Waals surface area contributed by atoms with Gasteiger partial charge in [0.1, 0.15) is 0 Å². The number of nitrogens with zero attached hydrogens (tertiary/aromatic N) is 1. The number of hydrogen-bond donors (Lipinski definition) is 0. The molecule has 2 heteroatoms. The number of carbonyl (C=O) groups excluding carboxylic acids is 1. The molecule has 2 aromatic rings. The molecule has 0 aromatic heterocycles. The van der Waals surface area contributed by atoms with Crippen molar-refractivity contribution in [2.45, 2.75) is 39.2 Å². The molecule has 1 heterocycles. The van der Waals surface area contributed by atoms with E-state index in [4.69, 9.17) is 0 Å². The summed E-state index contributed by atoms with van der Waals surface area (Å²) in [4.78, 5) is 14.5. The van der Waals surface area contributed by atoms with Gasteiger partial charge in [-0.05, 0) is 37.3 Å². The van der Waals surface area contributed by atoms with Crippen LogP contribution in [0.4, 0.5) is 0 Å². The Hall–Kier alpha value is -2.09. The lowest BCUT2D eigenvalue weighted by Crippen LogP contribution is -2.37. The Morgan fingerprint density at radius 2 is 1.73 bits per heavy atom. The molecule has 0 saturated carbocycles. The highest BCUT2D eigenvalue weighted by molar-refractivity contribution is 5.78. The van der Waals surface area contributed by atoms with Gasteiger partial charge in [-0.1, -0.05) is 59.7 Å². The fourth-order valence-corrected chi connectivity index (χ4v) is 3.38. The molecule has 0 N–H and O–H groups in total. The van der Waals surface area contributed by atoms with Gasteiger partial charge in [0.25, 0.3) is 0 Å². The molecule has 0 spiro atoms. The second kappa shape index (κ2) is 6.35. The van der Waals surface area contributed by atoms with Crippen molar-refractivity contribution in [2.75, 3.05) is 6.54 Å². The molecule has 1 atom stereocenters. The van der Waals surface area contributed by atoms with Crippen LogP contribution in [0.5, 0.6) is 0 Å². The number of hydrogen-bond acceptors (Lipinski definition) is 1. The van der Waals surface area contributed by atoms with Gasteiger partial charge < -0.3 is 4.90 Å². The quantitative estimate of drug-likeness (QED) is 0.830. The van der Waals surface area contributed by atoms with Crippen LogP contribution < -0.4 is 0 Å². The first-order valence-electron chi connectivity index (χ1n) is 8.02. The summed E-state index contributed by atoms with van der Waals surface area (Å²) in [6.07, 6.45) is 1.69. The van der Waals surface area contributed by atoms with Crippen molar-refractivity contribution in [3.8, 4) is 0 Å². The Morgan fingerprint density at radius 3 is 2.36 bits per heavy atom. The molecule has 1 fully saturated rings. The monoisotopic (exact) mass is 293 g/mol. The van der Waals surface area contributed by atoms with Crippen molar-refractivity contribution < 1.29 is 4.79 Å². The molecule has 1 aliphatic rings. The van der Waals surface area contributed by atoms with Crippen LogP contribution in [0.15, 0.2) is 48.5 Å². The smallest absolute Gasteiger partial charge is 0.223 e. The van der Waals surface area contributed by atoms with E-state index in [2.05, 4.69) is 44.2 Å². The van der Waals surface area contributed by atoms with E-state index < -0.39 is 0 Å². The molecule has 3 rings (SSSR count). The van der Waals surface area contributed by atoms with Crippen LogP contribution in [0, 0.1) is 13.8 Å². The van der Waals surface area contributed by atoms with Crippen molar-refractivity contribution in [1.29, 1.82) is 0 Å². The van der Waals surface area contributed by atoms with E-state index in [9.17, 15) is 4.79 Å². The third kappa shape index (κ3) is 3.38. The van der Waals surface area contributed by atoms with Gasteiger partial charge in [-0.3, -0.25) is 4.79 Å². The molecule has 1 unspecified atom stereocenters. The third-order valence-electron chi connectivity index (χ3n) is 4.45. The summed E-state index contributed by atoms with van der Waals surface area (Å²) in [6.45, 7) is 5.84. The second-order valence-electron chi connectivity index (χ2n) is 6.41. The van der Waals surface area contributed by atoms with Crippen molar-refractivity contribution in [3.63, 3.8) is 0 Å². The lowest BCUT2D eigenvalue weighted by molar-refractivity contribution is -0.134. The fraction of sp³-hybridized carbons (Fsp3) is 0.350. The summed E-state index contributed by atoms with van der Waals surface area (Å²) in [6, 6.07) is 16.9. The first-order valence-corrected chi connectivity index (χ1v) is 8.02. The van der Waals surface area contributed by atoms with Gasteiger partial charge >= 0.3 is 0 Å². The van der Waals surface area contributed by atoms with Crippen molar-refractivity contribution >= 4 is 5.91 Å². The van der Waals surface area contributed by atoms with Crippen LogP contribution >= 0.6 is 0 Å². The average molecular weight is 293 g/mol. The zero-order chi connectivity index (χ0) is 15.5. The first-order chi connectivity index (χ1) is 10.6. The fourth-order valence-electron chi connectivity index (χ4n) is 3.38. The molecule has 1 aliphatic heterocycles. The highest BCUT2D eigenvalue weighted by atomic mass is 16.2. The number of carbonyl (C=O) groups is 1. The number of piperidine rings is 1. The largest absolute Gasteiger partial charge is 0.338 e. The van der Waals surface area contributed by atoms with Gasteiger partial charge in [0.05, 0.1) is 0 Å². The first kappa shape index (κ1) is 14.8. The SMILES string of the molecule is Cc1cc(C)cc(C2CCN(Cc3ccccc3)C(=O)C2)c1. The summed E-state index contributed by atoms with van der Waals surface area (Å²) in [5.74, 6) is 0.650. The molecule has 1 saturated heterocycles. The summed E-state index contributed by atoms with van der Waals surface area (Å²) < 4.78 is 0. The van der Waals surface area contributed by atoms with Crippen LogP contribution in [-0.2, 0) is 11.3 Å². The number of amides is 1. The van der Waals surface area contributed by atoms with Crippen LogP contribution in [0.2, 0.25) is 0 Å². The maximum atomic E-state index is 12.5. The maximum Gasteiger partial charge on any atom is 0.223 e. The molecule has 0 radical (unpaired) electrons. The zero-order valence-electron chi connectivity index (χ0n) is 13.4. The van der Waals surface area contributed by atoms with Gasteiger partial charge in [-0.25, -0.2) is 0 Å². The summed E-state index contributed by atoms with van der Waals surface area (Å²) in [5.41, 5.74) is 5.11. The predicted octanol–water partition coefficient (Wildman–Crippen LogP) is 4.21. The normalized spacial score (nSPS) is 18.5. The molecule has 0 bridgehead atoms. The van der Waals surface area contributed by atoms with Crippen molar-refractivity contribution in [3.05, 3.63) is 70.8 Å². The summed E-state index contributed by atoms with van der Waals surface area (Å²) >= 11 is 0. The number of rotatable bonds is 3. The van der Waals surface area contributed by atoms with E-state index in [-0.39, 0.29) is 5.91 Å². The Labute approximate surface area is 132 Å². The number of aryl methyl sites for hydroxylation is 2. The van der Waals surface area contributed by atoms with Crippen LogP contribution in [0.3, 0.4) is 0 Å². The zero-order valence-corrected chi connectivity index (χ0v) is 13.4. The Balaban J connectivity index is 1.68. The van der Waals surface area contributed by atoms with Gasteiger partial charge in [0.15, 0.2) is 0 Å². The maximum absolute atomic E-state index is 12.5. The summed E-state index contributed by atoms with van der Waals surface area (Å²) in [5, 5.41) is 0. The topological polar surface area (TPSA) is 20.3 Å². The van der Waals surface area contributed by atoms with E-state index in [1.54, 1.807) is 0 Å². The third-order valence-corrected chi connectivity index (χ3v) is 4.45. The highest BCUT2D eigenvalue weighted by Crippen LogP contribution is 2.30. The van der Waals surface area contributed by atoms with Crippen molar-refractivity contribution in [2.24, 2.45) is 0 Å². The molecule has 2 nitrogen and oxygen atoms in total. The average Bonchev–Trinajstić information content (AvgIpc) is 2.49. The van der Waals surface area contributed by atoms with Crippen molar-refractivity contribution in [1.82, 2.24) is 4.90 Å². The van der Waals surface area contributed by atoms with Gasteiger partial charge in [0, 0.05) is 19.5 Å². The number of benzene rings is 2. The van der Waals surface area contributed by atoms with Gasteiger partial charge in [-0.15, -0.1) is 0 Å². The minimum atomic E-state index is 0.277. The second-order valence-corrected chi connectivity index (χ2v) is 6.41. The predicted molar refractivity (Wildman–Crippen MR) is 89.8 cm³/mol. The minimum Gasteiger partial charge on any atom is -0.338 e. The molecule has 2 aromatic carbocycles. The number of likely N-dealkylation sites (tertiary alicyclic amines) is 1. The Kier molecular flexibility index (Phi) is 4.28. The van der Waals surface area contributed by atoms with E-state index in [0.29, 0.717) is 12.3 Å². The Bertz CT molecular complexity index is 642. The molecule has 22 heavy (non-hydrogen) atoms. The van der Waals surface area contributed by atoms with Crippen LogP contribution in [0.1, 0.15) is 41.0 Å². The van der Waals surface area contributed by atoms with Crippen LogP contribution in [0.25, 0.3) is 0 Å². The minimum absolute atomic E-state index is 0.277. The molecular weight excluding hydrogens is 270 g/mol. The lowest BCUT2D eigenvalue weighted by atomic mass is 9.87. The molecule has 1 amide bonds. The highest BCUT2D eigenvalue weighted by Gasteiger charge is 2.26. The standard InChI is InChI=1S/C20H23NO/c1-15-10-16(2)12-19(11-15)18-8-9-21(20(22)13-18)14-17-6-4-3-5-7-17/h3-7,10-12,18H,8-9,13-14H2,1-2H3. The van der Waals surface area contributed by atoms with Crippen LogP contribution in [-0.4, -0.2) is 17.4 Å². The molecule has 114 valence electrons. The molecule has 0 aliphatic carbocycles. The van der Waals surface area contributed by atoms with E-state index >= 15 is 0 Å². The lowest BCUT2D eigenvalue weighted by Gasteiger charge is -2.32. The van der Waals surface area contributed by atoms with E-state index in [1.165, 1.54) is 22.3 Å². The van der Waals surface area contributed by atoms with Gasteiger partial charge in [0.2, 0.25) is 5.91 Å². The van der Waals surface area contributed by atoms with E-state index in [0.717, 1.165) is 19.5 Å². The Morgan fingerprint density at radius 1 is 1.05 bits per heavy atom. The summed E-state index contributed by atoms with van der Waals surface area (Å²) in [7, 11) is 0. The molecular formula is C20H23NO.